The monoisotopic (exact) mass is 297 g/mol. The Balaban J connectivity index is 3.02. The molecular weight excluding hydrogens is 278 g/mol. The Labute approximate surface area is 123 Å². The molecule has 0 saturated heterocycles. The van der Waals surface area contributed by atoms with Crippen LogP contribution < -0.4 is 9.47 Å². The van der Waals surface area contributed by atoms with Crippen molar-refractivity contribution in [1.82, 2.24) is 0 Å². The number of benzene rings is 1. The lowest BCUT2D eigenvalue weighted by Crippen LogP contribution is -2.29. The molecule has 116 valence electrons. The van der Waals surface area contributed by atoms with Crippen molar-refractivity contribution >= 4 is 11.7 Å². The Kier molecular flexibility index (Phi) is 6.45. The van der Waals surface area contributed by atoms with Gasteiger partial charge in [-0.2, -0.15) is 0 Å². The first-order valence-electron chi connectivity index (χ1n) is 6.69. The molecule has 0 aliphatic carbocycles. The van der Waals surface area contributed by atoms with E-state index in [1.165, 1.54) is 25.3 Å². The van der Waals surface area contributed by atoms with Crippen molar-refractivity contribution in [2.24, 2.45) is 0 Å². The zero-order valence-corrected chi connectivity index (χ0v) is 12.3. The van der Waals surface area contributed by atoms with Gasteiger partial charge >= 0.3 is 11.7 Å². The van der Waals surface area contributed by atoms with E-state index in [1.54, 1.807) is 6.92 Å². The van der Waals surface area contributed by atoms with Gasteiger partial charge in [-0.25, -0.2) is 4.79 Å². The number of ether oxygens (including phenoxy) is 3. The summed E-state index contributed by atoms with van der Waals surface area (Å²) >= 11 is 0. The maximum Gasteiger partial charge on any atom is 0.347 e. The topological polar surface area (TPSA) is 87.9 Å². The summed E-state index contributed by atoms with van der Waals surface area (Å²) in [5.74, 6) is -0.158. The van der Waals surface area contributed by atoms with Gasteiger partial charge in [0.2, 0.25) is 0 Å². The fraction of sp³-hybridized carbons (Fsp3) is 0.500. The molecule has 1 aromatic rings. The van der Waals surface area contributed by atoms with Crippen molar-refractivity contribution in [3.63, 3.8) is 0 Å². The van der Waals surface area contributed by atoms with Gasteiger partial charge in [-0.1, -0.05) is 13.3 Å². The maximum absolute atomic E-state index is 11.8. The van der Waals surface area contributed by atoms with Gasteiger partial charge in [-0.3, -0.25) is 10.1 Å². The molecule has 0 aromatic heterocycles. The van der Waals surface area contributed by atoms with Crippen molar-refractivity contribution in [2.45, 2.75) is 32.8 Å². The Bertz CT molecular complexity index is 502. The summed E-state index contributed by atoms with van der Waals surface area (Å²) in [5, 5.41) is 11.1. The first-order valence-corrected chi connectivity index (χ1v) is 6.69. The summed E-state index contributed by atoms with van der Waals surface area (Å²) < 4.78 is 15.4. The van der Waals surface area contributed by atoms with E-state index in [1.807, 2.05) is 6.92 Å². The van der Waals surface area contributed by atoms with Crippen LogP contribution in [0.5, 0.6) is 11.5 Å². The van der Waals surface area contributed by atoms with Gasteiger partial charge in [0.15, 0.2) is 11.9 Å². The second-order valence-corrected chi connectivity index (χ2v) is 4.24. The molecule has 0 radical (unpaired) electrons. The van der Waals surface area contributed by atoms with Gasteiger partial charge in [-0.05, 0) is 25.5 Å². The summed E-state index contributed by atoms with van der Waals surface area (Å²) in [4.78, 5) is 22.3. The van der Waals surface area contributed by atoms with Crippen LogP contribution in [0.1, 0.15) is 26.7 Å². The minimum absolute atomic E-state index is 0.0207. The highest BCUT2D eigenvalue weighted by atomic mass is 16.6. The predicted octanol–water partition coefficient (Wildman–Crippen LogP) is 2.71. The molecule has 1 atom stereocenters. The van der Waals surface area contributed by atoms with Crippen LogP contribution in [0.2, 0.25) is 0 Å². The van der Waals surface area contributed by atoms with Crippen LogP contribution in [-0.2, 0) is 9.53 Å². The van der Waals surface area contributed by atoms with Crippen molar-refractivity contribution < 1.29 is 23.9 Å². The molecule has 7 nitrogen and oxygen atoms in total. The van der Waals surface area contributed by atoms with Crippen LogP contribution in [0.15, 0.2) is 18.2 Å². The fourth-order valence-corrected chi connectivity index (χ4v) is 1.74. The van der Waals surface area contributed by atoms with E-state index in [2.05, 4.69) is 0 Å². The van der Waals surface area contributed by atoms with Crippen LogP contribution in [0, 0.1) is 10.1 Å². The number of nitro groups is 1. The summed E-state index contributed by atoms with van der Waals surface area (Å²) in [7, 11) is 1.41. The Morgan fingerprint density at radius 1 is 1.38 bits per heavy atom. The Hall–Kier alpha value is -2.31. The van der Waals surface area contributed by atoms with E-state index in [9.17, 15) is 14.9 Å². The van der Waals surface area contributed by atoms with Gasteiger partial charge in [0.05, 0.1) is 24.7 Å². The normalized spacial score (nSPS) is 11.6. The highest BCUT2D eigenvalue weighted by molar-refractivity contribution is 5.75. The van der Waals surface area contributed by atoms with Crippen LogP contribution in [0.4, 0.5) is 5.69 Å². The number of hydrogen-bond acceptors (Lipinski definition) is 6. The summed E-state index contributed by atoms with van der Waals surface area (Å²) in [6, 6.07) is 4.21. The summed E-state index contributed by atoms with van der Waals surface area (Å²) in [6.45, 7) is 3.81. The molecule has 0 fully saturated rings. The molecule has 0 aliphatic rings. The molecule has 1 rings (SSSR count). The van der Waals surface area contributed by atoms with Crippen molar-refractivity contribution in [2.75, 3.05) is 13.7 Å². The molecular formula is C14H19NO6. The molecule has 7 heteroatoms. The minimum atomic E-state index is -0.859. The molecule has 1 unspecified atom stereocenters. The first kappa shape index (κ1) is 16.7. The van der Waals surface area contributed by atoms with Crippen LogP contribution in [0.25, 0.3) is 0 Å². The lowest BCUT2D eigenvalue weighted by Gasteiger charge is -2.17. The number of carbonyl (C=O) groups is 1. The third-order valence-electron chi connectivity index (χ3n) is 2.73. The average Bonchev–Trinajstić information content (AvgIpc) is 2.47. The van der Waals surface area contributed by atoms with Gasteiger partial charge in [0.1, 0.15) is 5.75 Å². The smallest absolute Gasteiger partial charge is 0.347 e. The Morgan fingerprint density at radius 3 is 2.62 bits per heavy atom. The van der Waals surface area contributed by atoms with Gasteiger partial charge in [0.25, 0.3) is 0 Å². The molecule has 0 amide bonds. The predicted molar refractivity (Wildman–Crippen MR) is 75.6 cm³/mol. The fourth-order valence-electron chi connectivity index (χ4n) is 1.74. The first-order chi connectivity index (χ1) is 10.0. The number of nitro benzene ring substituents is 1. The Morgan fingerprint density at radius 2 is 2.10 bits per heavy atom. The van der Waals surface area contributed by atoms with Crippen LogP contribution in [-0.4, -0.2) is 30.7 Å². The number of carbonyl (C=O) groups excluding carboxylic acids is 1. The molecule has 21 heavy (non-hydrogen) atoms. The third-order valence-corrected chi connectivity index (χ3v) is 2.73. The molecule has 0 N–H and O–H groups in total. The zero-order valence-electron chi connectivity index (χ0n) is 12.3. The van der Waals surface area contributed by atoms with E-state index in [-0.39, 0.29) is 18.0 Å². The molecule has 0 spiro atoms. The number of hydrogen-bond donors (Lipinski definition) is 0. The maximum atomic E-state index is 11.8. The van der Waals surface area contributed by atoms with E-state index < -0.39 is 17.0 Å². The van der Waals surface area contributed by atoms with E-state index >= 15 is 0 Å². The highest BCUT2D eigenvalue weighted by Gasteiger charge is 2.25. The number of rotatable bonds is 8. The van der Waals surface area contributed by atoms with Crippen molar-refractivity contribution in [3.8, 4) is 11.5 Å². The zero-order chi connectivity index (χ0) is 15.8. The molecule has 0 aliphatic heterocycles. The van der Waals surface area contributed by atoms with Gasteiger partial charge in [-0.15, -0.1) is 0 Å². The quantitative estimate of drug-likeness (QED) is 0.416. The van der Waals surface area contributed by atoms with Crippen molar-refractivity contribution in [1.29, 1.82) is 0 Å². The third kappa shape index (κ3) is 4.62. The number of nitrogens with zero attached hydrogens (tertiary/aromatic N) is 1. The standard InChI is InChI=1S/C14H19NO6/c1-4-6-13(14(16)20-5-2)21-12-8-7-10(19-3)9-11(12)15(17)18/h7-9,13H,4-6H2,1-3H3. The lowest BCUT2D eigenvalue weighted by molar-refractivity contribution is -0.386. The molecule has 1 aromatic carbocycles. The largest absolute Gasteiger partial charge is 0.496 e. The molecule has 0 saturated carbocycles. The second-order valence-electron chi connectivity index (χ2n) is 4.24. The number of esters is 1. The van der Waals surface area contributed by atoms with E-state index in [4.69, 9.17) is 14.2 Å². The van der Waals surface area contributed by atoms with Gasteiger partial charge < -0.3 is 14.2 Å². The average molecular weight is 297 g/mol. The molecule has 0 heterocycles. The second kappa shape index (κ2) is 8.08. The van der Waals surface area contributed by atoms with Crippen LogP contribution >= 0.6 is 0 Å². The highest BCUT2D eigenvalue weighted by Crippen LogP contribution is 2.32. The van der Waals surface area contributed by atoms with Gasteiger partial charge in [0, 0.05) is 0 Å². The van der Waals surface area contributed by atoms with E-state index in [0.29, 0.717) is 18.6 Å². The van der Waals surface area contributed by atoms with Crippen LogP contribution in [0.3, 0.4) is 0 Å². The SMILES string of the molecule is CCCC(Oc1ccc(OC)cc1[N+](=O)[O-])C(=O)OCC. The van der Waals surface area contributed by atoms with E-state index in [0.717, 1.165) is 0 Å². The summed E-state index contributed by atoms with van der Waals surface area (Å²) in [5.41, 5.74) is -0.250. The van der Waals surface area contributed by atoms with Crippen molar-refractivity contribution in [3.05, 3.63) is 28.3 Å². The molecule has 0 bridgehead atoms. The minimum Gasteiger partial charge on any atom is -0.496 e. The number of methoxy groups -OCH3 is 1. The summed E-state index contributed by atoms with van der Waals surface area (Å²) in [6.07, 6.45) is 0.247. The lowest BCUT2D eigenvalue weighted by atomic mass is 10.2.